The third-order valence-corrected chi connectivity index (χ3v) is 4.31. The van der Waals surface area contributed by atoms with E-state index in [9.17, 15) is 12.8 Å². The molecule has 0 radical (unpaired) electrons. The highest BCUT2D eigenvalue weighted by Gasteiger charge is 2.13. The van der Waals surface area contributed by atoms with Gasteiger partial charge in [-0.15, -0.1) is 0 Å². The highest BCUT2D eigenvalue weighted by Crippen LogP contribution is 2.18. The van der Waals surface area contributed by atoms with Crippen LogP contribution in [0, 0.1) is 12.7 Å². The van der Waals surface area contributed by atoms with Crippen molar-refractivity contribution in [3.8, 4) is 0 Å². The van der Waals surface area contributed by atoms with Crippen LogP contribution in [0.15, 0.2) is 42.5 Å². The largest absolute Gasteiger partial charge is 0.326 e. The summed E-state index contributed by atoms with van der Waals surface area (Å²) in [6.07, 6.45) is 0. The van der Waals surface area contributed by atoms with Gasteiger partial charge in [-0.25, -0.2) is 12.8 Å². The molecule has 2 aromatic carbocycles. The molecule has 0 saturated carbocycles. The molecule has 0 bridgehead atoms. The molecule has 0 amide bonds. The number of nitrogens with one attached hydrogen (secondary N) is 1. The van der Waals surface area contributed by atoms with Gasteiger partial charge >= 0.3 is 0 Å². The first-order chi connectivity index (χ1) is 9.89. The van der Waals surface area contributed by atoms with Gasteiger partial charge in [0, 0.05) is 6.54 Å². The fourth-order valence-corrected chi connectivity index (χ4v) is 3.20. The van der Waals surface area contributed by atoms with Gasteiger partial charge in [0.25, 0.3) is 0 Å². The van der Waals surface area contributed by atoms with Gasteiger partial charge in [-0.3, -0.25) is 4.72 Å². The van der Waals surface area contributed by atoms with E-state index in [0.29, 0.717) is 23.4 Å². The fourth-order valence-electron chi connectivity index (χ4n) is 1.94. The highest BCUT2D eigenvalue weighted by atomic mass is 32.2. The molecular weight excluding hydrogens is 291 g/mol. The van der Waals surface area contributed by atoms with Gasteiger partial charge in [-0.2, -0.15) is 0 Å². The minimum Gasteiger partial charge on any atom is -0.326 e. The molecule has 2 aromatic rings. The molecule has 0 aromatic heterocycles. The van der Waals surface area contributed by atoms with Crippen LogP contribution in [0.5, 0.6) is 0 Å². The number of aryl methyl sites for hydroxylation is 1. The van der Waals surface area contributed by atoms with Crippen LogP contribution < -0.4 is 10.5 Å². The summed E-state index contributed by atoms with van der Waals surface area (Å²) in [5.74, 6) is -0.540. The first kappa shape index (κ1) is 15.5. The van der Waals surface area contributed by atoms with E-state index in [-0.39, 0.29) is 5.75 Å². The number of hydrogen-bond acceptors (Lipinski definition) is 3. The lowest BCUT2D eigenvalue weighted by Gasteiger charge is -2.11. The van der Waals surface area contributed by atoms with Crippen molar-refractivity contribution in [1.29, 1.82) is 0 Å². The molecular formula is C15H17FN2O2S. The van der Waals surface area contributed by atoms with Crippen LogP contribution in [-0.2, 0) is 22.3 Å². The van der Waals surface area contributed by atoms with Crippen molar-refractivity contribution >= 4 is 15.7 Å². The van der Waals surface area contributed by atoms with Crippen LogP contribution >= 0.6 is 0 Å². The van der Waals surface area contributed by atoms with E-state index in [1.54, 1.807) is 31.2 Å². The smallest absolute Gasteiger partial charge is 0.236 e. The molecule has 21 heavy (non-hydrogen) atoms. The summed E-state index contributed by atoms with van der Waals surface area (Å²) < 4.78 is 39.7. The Morgan fingerprint density at radius 2 is 1.71 bits per heavy atom. The number of halogens is 1. The average molecular weight is 308 g/mol. The quantitative estimate of drug-likeness (QED) is 0.891. The molecule has 0 aliphatic carbocycles. The lowest BCUT2D eigenvalue weighted by molar-refractivity contribution is 0.600. The van der Waals surface area contributed by atoms with Crippen molar-refractivity contribution in [3.63, 3.8) is 0 Å². The first-order valence-electron chi connectivity index (χ1n) is 6.44. The van der Waals surface area contributed by atoms with Gasteiger partial charge in [-0.05, 0) is 41.8 Å². The van der Waals surface area contributed by atoms with Crippen LogP contribution in [0.2, 0.25) is 0 Å². The SMILES string of the molecule is Cc1cc(F)ccc1NS(=O)(=O)Cc1ccc(CN)cc1. The summed E-state index contributed by atoms with van der Waals surface area (Å²) in [4.78, 5) is 0. The van der Waals surface area contributed by atoms with Gasteiger partial charge < -0.3 is 5.73 Å². The van der Waals surface area contributed by atoms with E-state index in [1.807, 2.05) is 0 Å². The first-order valence-corrected chi connectivity index (χ1v) is 8.09. The van der Waals surface area contributed by atoms with Crippen molar-refractivity contribution < 1.29 is 12.8 Å². The second-order valence-electron chi connectivity index (χ2n) is 4.84. The standard InChI is InChI=1S/C15H17FN2O2S/c1-11-8-14(16)6-7-15(11)18-21(19,20)10-13-4-2-12(9-17)3-5-13/h2-8,18H,9-10,17H2,1H3. The molecule has 6 heteroatoms. The molecule has 0 aliphatic heterocycles. The Kier molecular flexibility index (Phi) is 4.59. The summed E-state index contributed by atoms with van der Waals surface area (Å²) in [5.41, 5.74) is 8.03. The molecule has 3 N–H and O–H groups in total. The maximum atomic E-state index is 13.0. The molecule has 2 rings (SSSR count). The van der Waals surface area contributed by atoms with Gasteiger partial charge in [0.1, 0.15) is 5.82 Å². The molecule has 0 saturated heterocycles. The minimum atomic E-state index is -3.55. The van der Waals surface area contributed by atoms with Crippen molar-refractivity contribution in [2.24, 2.45) is 5.73 Å². The molecule has 0 aliphatic rings. The molecule has 4 nitrogen and oxygen atoms in total. The highest BCUT2D eigenvalue weighted by molar-refractivity contribution is 7.91. The Bertz CT molecular complexity index is 728. The summed E-state index contributed by atoms with van der Waals surface area (Å²) in [7, 11) is -3.55. The molecule has 0 atom stereocenters. The topological polar surface area (TPSA) is 72.2 Å². The van der Waals surface area contributed by atoms with E-state index >= 15 is 0 Å². The summed E-state index contributed by atoms with van der Waals surface area (Å²) in [5, 5.41) is 0. The number of rotatable bonds is 5. The van der Waals surface area contributed by atoms with Crippen molar-refractivity contribution in [1.82, 2.24) is 0 Å². The zero-order valence-corrected chi connectivity index (χ0v) is 12.5. The average Bonchev–Trinajstić information content (AvgIpc) is 2.42. The molecule has 0 spiro atoms. The second kappa shape index (κ2) is 6.24. The monoisotopic (exact) mass is 308 g/mol. The van der Waals surface area contributed by atoms with Gasteiger partial charge in [0.15, 0.2) is 0 Å². The Morgan fingerprint density at radius 1 is 1.10 bits per heavy atom. The predicted octanol–water partition coefficient (Wildman–Crippen LogP) is 2.53. The fraction of sp³-hybridized carbons (Fsp3) is 0.200. The van der Waals surface area contributed by atoms with Crippen LogP contribution in [-0.4, -0.2) is 8.42 Å². The molecule has 112 valence electrons. The maximum absolute atomic E-state index is 13.0. The maximum Gasteiger partial charge on any atom is 0.236 e. The number of anilines is 1. The molecule has 0 heterocycles. The van der Waals surface area contributed by atoms with E-state index in [1.165, 1.54) is 18.2 Å². The van der Waals surface area contributed by atoms with Crippen molar-refractivity contribution in [2.45, 2.75) is 19.2 Å². The Morgan fingerprint density at radius 3 is 2.29 bits per heavy atom. The van der Waals surface area contributed by atoms with Crippen molar-refractivity contribution in [3.05, 3.63) is 65.0 Å². The Balaban J connectivity index is 2.14. The van der Waals surface area contributed by atoms with Crippen LogP contribution in [0.1, 0.15) is 16.7 Å². The third kappa shape index (κ3) is 4.27. The van der Waals surface area contributed by atoms with Gasteiger partial charge in [0.05, 0.1) is 11.4 Å². The molecule has 0 unspecified atom stereocenters. The summed E-state index contributed by atoms with van der Waals surface area (Å²) in [6, 6.07) is 11.0. The normalized spacial score (nSPS) is 11.4. The minimum absolute atomic E-state index is 0.144. The third-order valence-electron chi connectivity index (χ3n) is 3.07. The summed E-state index contributed by atoms with van der Waals surface area (Å²) >= 11 is 0. The Labute approximate surface area is 123 Å². The van der Waals surface area contributed by atoms with Crippen LogP contribution in [0.4, 0.5) is 10.1 Å². The van der Waals surface area contributed by atoms with E-state index < -0.39 is 15.8 Å². The van der Waals surface area contributed by atoms with E-state index in [4.69, 9.17) is 5.73 Å². The lowest BCUT2D eigenvalue weighted by Crippen LogP contribution is -2.16. The number of nitrogens with two attached hydrogens (primary N) is 1. The Hall–Kier alpha value is -1.92. The number of benzene rings is 2. The zero-order valence-electron chi connectivity index (χ0n) is 11.6. The van der Waals surface area contributed by atoms with Crippen molar-refractivity contribution in [2.75, 3.05) is 4.72 Å². The summed E-state index contributed by atoms with van der Waals surface area (Å²) in [6.45, 7) is 2.07. The van der Waals surface area contributed by atoms with Gasteiger partial charge in [0.2, 0.25) is 10.0 Å². The van der Waals surface area contributed by atoms with Crippen LogP contribution in [0.25, 0.3) is 0 Å². The molecule has 0 fully saturated rings. The van der Waals surface area contributed by atoms with Crippen LogP contribution in [0.3, 0.4) is 0 Å². The number of sulfonamides is 1. The van der Waals surface area contributed by atoms with Gasteiger partial charge in [-0.1, -0.05) is 24.3 Å². The second-order valence-corrected chi connectivity index (χ2v) is 6.56. The van der Waals surface area contributed by atoms with E-state index in [0.717, 1.165) is 5.56 Å². The number of hydrogen-bond donors (Lipinski definition) is 2. The predicted molar refractivity (Wildman–Crippen MR) is 81.7 cm³/mol. The van der Waals surface area contributed by atoms with E-state index in [2.05, 4.69) is 4.72 Å². The lowest BCUT2D eigenvalue weighted by atomic mass is 10.1. The zero-order chi connectivity index (χ0) is 15.5.